The summed E-state index contributed by atoms with van der Waals surface area (Å²) in [4.78, 5) is 0. The first-order valence-electron chi connectivity index (χ1n) is 5.19. The van der Waals surface area contributed by atoms with Crippen molar-refractivity contribution in [2.75, 3.05) is 6.61 Å². The second-order valence-electron chi connectivity index (χ2n) is 3.62. The zero-order valence-corrected chi connectivity index (χ0v) is 8.48. The summed E-state index contributed by atoms with van der Waals surface area (Å²) in [7, 11) is 0. The van der Waals surface area contributed by atoms with E-state index in [1.54, 1.807) is 0 Å². The standard InChI is InChI=1S/C12H16O2/c1-2-12-13-9-11(14-12)8-10-6-4-3-5-7-10/h3-7,11-12H,2,8-9H2,1H3. The molecule has 1 aliphatic heterocycles. The van der Waals surface area contributed by atoms with Gasteiger partial charge >= 0.3 is 0 Å². The van der Waals surface area contributed by atoms with Crippen molar-refractivity contribution < 1.29 is 9.47 Å². The van der Waals surface area contributed by atoms with Gasteiger partial charge in [-0.3, -0.25) is 0 Å². The zero-order valence-electron chi connectivity index (χ0n) is 8.48. The van der Waals surface area contributed by atoms with E-state index < -0.39 is 0 Å². The Morgan fingerprint density at radius 3 is 2.71 bits per heavy atom. The van der Waals surface area contributed by atoms with Crippen molar-refractivity contribution in [2.24, 2.45) is 0 Å². The van der Waals surface area contributed by atoms with Gasteiger partial charge in [-0.25, -0.2) is 0 Å². The van der Waals surface area contributed by atoms with Crippen molar-refractivity contribution >= 4 is 0 Å². The topological polar surface area (TPSA) is 18.5 Å². The van der Waals surface area contributed by atoms with E-state index in [1.807, 2.05) is 6.07 Å². The highest BCUT2D eigenvalue weighted by Gasteiger charge is 2.24. The van der Waals surface area contributed by atoms with Crippen LogP contribution in [0.3, 0.4) is 0 Å². The highest BCUT2D eigenvalue weighted by molar-refractivity contribution is 5.15. The fourth-order valence-corrected chi connectivity index (χ4v) is 1.71. The highest BCUT2D eigenvalue weighted by atomic mass is 16.7. The molecule has 0 radical (unpaired) electrons. The number of rotatable bonds is 3. The van der Waals surface area contributed by atoms with Crippen LogP contribution in [0.1, 0.15) is 18.9 Å². The van der Waals surface area contributed by atoms with Gasteiger partial charge in [0.1, 0.15) is 0 Å². The molecular formula is C12H16O2. The average molecular weight is 192 g/mol. The second kappa shape index (κ2) is 4.58. The van der Waals surface area contributed by atoms with Crippen LogP contribution < -0.4 is 0 Å². The van der Waals surface area contributed by atoms with Gasteiger partial charge in [-0.1, -0.05) is 37.3 Å². The first-order chi connectivity index (χ1) is 6.88. The Bertz CT molecular complexity index is 271. The van der Waals surface area contributed by atoms with Gasteiger partial charge in [-0.15, -0.1) is 0 Å². The van der Waals surface area contributed by atoms with E-state index in [2.05, 4.69) is 31.2 Å². The summed E-state index contributed by atoms with van der Waals surface area (Å²) in [5.41, 5.74) is 1.32. The molecule has 0 saturated carbocycles. The second-order valence-corrected chi connectivity index (χ2v) is 3.62. The summed E-state index contributed by atoms with van der Waals surface area (Å²) >= 11 is 0. The summed E-state index contributed by atoms with van der Waals surface area (Å²) in [6.45, 7) is 2.81. The maximum absolute atomic E-state index is 5.69. The molecule has 0 bridgehead atoms. The lowest BCUT2D eigenvalue weighted by molar-refractivity contribution is -0.0583. The Morgan fingerprint density at radius 1 is 1.29 bits per heavy atom. The lowest BCUT2D eigenvalue weighted by Gasteiger charge is -2.09. The fraction of sp³-hybridized carbons (Fsp3) is 0.500. The normalized spacial score (nSPS) is 26.6. The Labute approximate surface area is 84.8 Å². The average Bonchev–Trinajstić information content (AvgIpc) is 2.67. The highest BCUT2D eigenvalue weighted by Crippen LogP contribution is 2.17. The van der Waals surface area contributed by atoms with Gasteiger partial charge in [0, 0.05) is 6.42 Å². The van der Waals surface area contributed by atoms with Crippen LogP contribution in [0.4, 0.5) is 0 Å². The molecule has 2 nitrogen and oxygen atoms in total. The molecule has 0 spiro atoms. The summed E-state index contributed by atoms with van der Waals surface area (Å²) in [6, 6.07) is 10.4. The molecule has 1 heterocycles. The van der Waals surface area contributed by atoms with Gasteiger partial charge in [0.25, 0.3) is 0 Å². The molecule has 2 heteroatoms. The third-order valence-corrected chi connectivity index (χ3v) is 2.45. The van der Waals surface area contributed by atoms with Gasteiger partial charge < -0.3 is 9.47 Å². The first kappa shape index (κ1) is 9.69. The molecular weight excluding hydrogens is 176 g/mol. The first-order valence-corrected chi connectivity index (χ1v) is 5.19. The maximum Gasteiger partial charge on any atom is 0.157 e. The van der Waals surface area contributed by atoms with Crippen molar-refractivity contribution in [3.8, 4) is 0 Å². The van der Waals surface area contributed by atoms with Crippen LogP contribution in [-0.2, 0) is 15.9 Å². The molecule has 14 heavy (non-hydrogen) atoms. The molecule has 1 fully saturated rings. The van der Waals surface area contributed by atoms with E-state index in [0.717, 1.165) is 19.4 Å². The predicted octanol–water partition coefficient (Wildman–Crippen LogP) is 2.38. The molecule has 0 aromatic heterocycles. The largest absolute Gasteiger partial charge is 0.350 e. The van der Waals surface area contributed by atoms with Crippen LogP contribution in [-0.4, -0.2) is 19.0 Å². The summed E-state index contributed by atoms with van der Waals surface area (Å²) < 4.78 is 11.2. The summed E-state index contributed by atoms with van der Waals surface area (Å²) in [5.74, 6) is 0. The van der Waals surface area contributed by atoms with Crippen molar-refractivity contribution in [1.29, 1.82) is 0 Å². The van der Waals surface area contributed by atoms with Crippen LogP contribution in [0.5, 0.6) is 0 Å². The quantitative estimate of drug-likeness (QED) is 0.732. The Morgan fingerprint density at radius 2 is 2.07 bits per heavy atom. The van der Waals surface area contributed by atoms with Crippen molar-refractivity contribution in [3.63, 3.8) is 0 Å². The van der Waals surface area contributed by atoms with Crippen molar-refractivity contribution in [2.45, 2.75) is 32.2 Å². The lowest BCUT2D eigenvalue weighted by Crippen LogP contribution is -2.14. The molecule has 1 aromatic carbocycles. The molecule has 2 rings (SSSR count). The molecule has 0 aliphatic carbocycles. The fourth-order valence-electron chi connectivity index (χ4n) is 1.71. The maximum atomic E-state index is 5.69. The van der Waals surface area contributed by atoms with Gasteiger partial charge in [0.05, 0.1) is 12.7 Å². The van der Waals surface area contributed by atoms with E-state index in [-0.39, 0.29) is 12.4 Å². The van der Waals surface area contributed by atoms with Gasteiger partial charge in [0.15, 0.2) is 6.29 Å². The smallest absolute Gasteiger partial charge is 0.157 e. The molecule has 1 aromatic rings. The number of hydrogen-bond donors (Lipinski definition) is 0. The van der Waals surface area contributed by atoms with E-state index in [9.17, 15) is 0 Å². The zero-order chi connectivity index (χ0) is 9.80. The summed E-state index contributed by atoms with van der Waals surface area (Å²) in [5, 5.41) is 0. The Kier molecular flexibility index (Phi) is 3.17. The monoisotopic (exact) mass is 192 g/mol. The minimum atomic E-state index is 0.0173. The van der Waals surface area contributed by atoms with E-state index >= 15 is 0 Å². The molecule has 0 N–H and O–H groups in total. The third-order valence-electron chi connectivity index (χ3n) is 2.45. The SMILES string of the molecule is CCC1OCC(Cc2ccccc2)O1. The van der Waals surface area contributed by atoms with Crippen molar-refractivity contribution in [1.82, 2.24) is 0 Å². The minimum Gasteiger partial charge on any atom is -0.350 e. The molecule has 1 aliphatic rings. The van der Waals surface area contributed by atoms with Crippen LogP contribution in [0, 0.1) is 0 Å². The molecule has 2 unspecified atom stereocenters. The van der Waals surface area contributed by atoms with Gasteiger partial charge in [-0.05, 0) is 12.0 Å². The van der Waals surface area contributed by atoms with Crippen LogP contribution in [0.2, 0.25) is 0 Å². The van der Waals surface area contributed by atoms with Gasteiger partial charge in [0.2, 0.25) is 0 Å². The van der Waals surface area contributed by atoms with Crippen LogP contribution in [0.15, 0.2) is 30.3 Å². The summed E-state index contributed by atoms with van der Waals surface area (Å²) in [6.07, 6.45) is 2.15. The Hall–Kier alpha value is -0.860. The van der Waals surface area contributed by atoms with E-state index in [0.29, 0.717) is 0 Å². The van der Waals surface area contributed by atoms with E-state index in [4.69, 9.17) is 9.47 Å². The van der Waals surface area contributed by atoms with Crippen LogP contribution >= 0.6 is 0 Å². The number of benzene rings is 1. The third kappa shape index (κ3) is 2.34. The minimum absolute atomic E-state index is 0.0173. The van der Waals surface area contributed by atoms with Crippen molar-refractivity contribution in [3.05, 3.63) is 35.9 Å². The number of ether oxygens (including phenoxy) is 2. The Balaban J connectivity index is 1.88. The van der Waals surface area contributed by atoms with Gasteiger partial charge in [-0.2, -0.15) is 0 Å². The number of hydrogen-bond acceptors (Lipinski definition) is 2. The molecule has 1 saturated heterocycles. The lowest BCUT2D eigenvalue weighted by atomic mass is 10.1. The predicted molar refractivity (Wildman–Crippen MR) is 55.1 cm³/mol. The molecule has 2 atom stereocenters. The molecule has 76 valence electrons. The molecule has 0 amide bonds. The van der Waals surface area contributed by atoms with Crippen LogP contribution in [0.25, 0.3) is 0 Å². The van der Waals surface area contributed by atoms with E-state index in [1.165, 1.54) is 5.56 Å².